The fourth-order valence-corrected chi connectivity index (χ4v) is 2.05. The lowest BCUT2D eigenvalue weighted by Crippen LogP contribution is -2.07. The summed E-state index contributed by atoms with van der Waals surface area (Å²) in [4.78, 5) is 3.50. The van der Waals surface area contributed by atoms with Gasteiger partial charge in [0.25, 0.3) is 0 Å². The molecule has 0 atom stereocenters. The van der Waals surface area contributed by atoms with Crippen LogP contribution in [0.2, 0.25) is 0 Å². The molecule has 0 aliphatic heterocycles. The van der Waals surface area contributed by atoms with E-state index in [0.29, 0.717) is 11.3 Å². The molecule has 2 aromatic rings. The van der Waals surface area contributed by atoms with Gasteiger partial charge in [-0.05, 0) is 37.5 Å². The van der Waals surface area contributed by atoms with E-state index in [1.54, 1.807) is 0 Å². The second-order valence-electron chi connectivity index (χ2n) is 5.25. The quantitative estimate of drug-likeness (QED) is 0.824. The molecule has 3 rings (SSSR count). The first kappa shape index (κ1) is 13.9. The van der Waals surface area contributed by atoms with Crippen molar-refractivity contribution in [1.82, 2.24) is 4.98 Å². The van der Waals surface area contributed by atoms with Crippen molar-refractivity contribution in [2.24, 2.45) is 0 Å². The summed E-state index contributed by atoms with van der Waals surface area (Å²) in [5.41, 5.74) is 1.56. The SMILES string of the molecule is Cc1ccc(-c2ccc(C(F)(F)F)nc2)c(OC2CC2)c1. The van der Waals surface area contributed by atoms with E-state index >= 15 is 0 Å². The van der Waals surface area contributed by atoms with Gasteiger partial charge in [0, 0.05) is 17.3 Å². The van der Waals surface area contributed by atoms with Gasteiger partial charge in [-0.15, -0.1) is 0 Å². The predicted octanol–water partition coefficient (Wildman–Crippen LogP) is 4.62. The number of pyridine rings is 1. The number of alkyl halides is 3. The Labute approximate surface area is 120 Å². The van der Waals surface area contributed by atoms with Crippen molar-refractivity contribution in [3.05, 3.63) is 47.8 Å². The van der Waals surface area contributed by atoms with E-state index in [9.17, 15) is 13.2 Å². The third-order valence-corrected chi connectivity index (χ3v) is 3.32. The largest absolute Gasteiger partial charge is 0.490 e. The number of ether oxygens (including phenoxy) is 1. The van der Waals surface area contributed by atoms with Crippen molar-refractivity contribution in [2.45, 2.75) is 32.0 Å². The highest BCUT2D eigenvalue weighted by molar-refractivity contribution is 5.70. The molecule has 0 amide bonds. The summed E-state index contributed by atoms with van der Waals surface area (Å²) in [6.07, 6.45) is -0.892. The van der Waals surface area contributed by atoms with Gasteiger partial charge in [0.2, 0.25) is 0 Å². The molecule has 1 aromatic carbocycles. The van der Waals surface area contributed by atoms with Crippen LogP contribution in [0.25, 0.3) is 11.1 Å². The molecule has 21 heavy (non-hydrogen) atoms. The first-order valence-corrected chi connectivity index (χ1v) is 6.74. The van der Waals surface area contributed by atoms with Gasteiger partial charge < -0.3 is 4.74 Å². The summed E-state index contributed by atoms with van der Waals surface area (Å²) < 4.78 is 43.5. The highest BCUT2D eigenvalue weighted by Gasteiger charge is 2.32. The standard InChI is InChI=1S/C16H14F3NO/c1-10-2-6-13(14(8-10)21-12-4-5-12)11-3-7-15(20-9-11)16(17,18)19/h2-3,6-9,12H,4-5H2,1H3. The maximum absolute atomic E-state index is 12.5. The van der Waals surface area contributed by atoms with Gasteiger partial charge in [-0.3, -0.25) is 4.98 Å². The Balaban J connectivity index is 1.95. The molecule has 2 nitrogen and oxygen atoms in total. The molecule has 110 valence electrons. The summed E-state index contributed by atoms with van der Waals surface area (Å²) in [5, 5.41) is 0. The minimum atomic E-state index is -4.42. The topological polar surface area (TPSA) is 22.1 Å². The zero-order valence-corrected chi connectivity index (χ0v) is 11.4. The minimum absolute atomic E-state index is 0.230. The van der Waals surface area contributed by atoms with Gasteiger partial charge in [-0.25, -0.2) is 0 Å². The highest BCUT2D eigenvalue weighted by Crippen LogP contribution is 2.36. The zero-order chi connectivity index (χ0) is 15.0. The van der Waals surface area contributed by atoms with Crippen molar-refractivity contribution in [2.75, 3.05) is 0 Å². The molecular formula is C16H14F3NO. The van der Waals surface area contributed by atoms with Crippen LogP contribution in [0, 0.1) is 6.92 Å². The molecule has 0 N–H and O–H groups in total. The van der Waals surface area contributed by atoms with Gasteiger partial charge in [0.15, 0.2) is 0 Å². The van der Waals surface area contributed by atoms with Crippen molar-refractivity contribution < 1.29 is 17.9 Å². The number of aryl methyl sites for hydroxylation is 1. The van der Waals surface area contributed by atoms with Crippen molar-refractivity contribution in [3.63, 3.8) is 0 Å². The third kappa shape index (κ3) is 3.17. The van der Waals surface area contributed by atoms with Gasteiger partial charge in [-0.2, -0.15) is 13.2 Å². The highest BCUT2D eigenvalue weighted by atomic mass is 19.4. The molecule has 1 saturated carbocycles. The Morgan fingerprint density at radius 3 is 2.48 bits per heavy atom. The molecule has 1 fully saturated rings. The van der Waals surface area contributed by atoms with Crippen molar-refractivity contribution in [3.8, 4) is 16.9 Å². The molecule has 1 aliphatic carbocycles. The molecule has 1 aromatic heterocycles. The van der Waals surface area contributed by atoms with E-state index in [4.69, 9.17) is 4.74 Å². The van der Waals surface area contributed by atoms with Crippen LogP contribution in [-0.2, 0) is 6.18 Å². The van der Waals surface area contributed by atoms with Crippen LogP contribution < -0.4 is 4.74 Å². The fourth-order valence-electron chi connectivity index (χ4n) is 2.05. The lowest BCUT2D eigenvalue weighted by atomic mass is 10.0. The lowest BCUT2D eigenvalue weighted by Gasteiger charge is -2.13. The first-order chi connectivity index (χ1) is 9.93. The van der Waals surface area contributed by atoms with E-state index in [1.807, 2.05) is 25.1 Å². The lowest BCUT2D eigenvalue weighted by molar-refractivity contribution is -0.141. The van der Waals surface area contributed by atoms with Crippen LogP contribution in [-0.4, -0.2) is 11.1 Å². The molecule has 0 radical (unpaired) electrons. The number of aromatic nitrogens is 1. The van der Waals surface area contributed by atoms with Gasteiger partial charge in [0.1, 0.15) is 11.4 Å². The van der Waals surface area contributed by atoms with Crippen LogP contribution in [0.15, 0.2) is 36.5 Å². The first-order valence-electron chi connectivity index (χ1n) is 6.74. The molecule has 5 heteroatoms. The number of benzene rings is 1. The zero-order valence-electron chi connectivity index (χ0n) is 11.4. The number of hydrogen-bond acceptors (Lipinski definition) is 2. The fraction of sp³-hybridized carbons (Fsp3) is 0.312. The predicted molar refractivity (Wildman–Crippen MR) is 73.1 cm³/mol. The molecule has 0 unspecified atom stereocenters. The molecule has 0 bridgehead atoms. The maximum atomic E-state index is 12.5. The Morgan fingerprint density at radius 1 is 1.14 bits per heavy atom. The average molecular weight is 293 g/mol. The monoisotopic (exact) mass is 293 g/mol. The second-order valence-corrected chi connectivity index (χ2v) is 5.25. The summed E-state index contributed by atoms with van der Waals surface area (Å²) in [5.74, 6) is 0.707. The van der Waals surface area contributed by atoms with Crippen molar-refractivity contribution >= 4 is 0 Å². The van der Waals surface area contributed by atoms with Crippen molar-refractivity contribution in [1.29, 1.82) is 0 Å². The van der Waals surface area contributed by atoms with E-state index in [2.05, 4.69) is 4.98 Å². The number of halogens is 3. The Kier molecular flexibility index (Phi) is 3.35. The van der Waals surface area contributed by atoms with Crippen LogP contribution in [0.5, 0.6) is 5.75 Å². The van der Waals surface area contributed by atoms with E-state index in [0.717, 1.165) is 30.0 Å². The molecule has 0 saturated heterocycles. The van der Waals surface area contributed by atoms with Gasteiger partial charge >= 0.3 is 6.18 Å². The van der Waals surface area contributed by atoms with Gasteiger partial charge in [0.05, 0.1) is 6.10 Å². The third-order valence-electron chi connectivity index (χ3n) is 3.32. The smallest absolute Gasteiger partial charge is 0.433 e. The molecule has 1 heterocycles. The van der Waals surface area contributed by atoms with Crippen LogP contribution in [0.4, 0.5) is 13.2 Å². The normalized spacial score (nSPS) is 15.0. The van der Waals surface area contributed by atoms with E-state index in [1.165, 1.54) is 12.3 Å². The number of hydrogen-bond donors (Lipinski definition) is 0. The summed E-state index contributed by atoms with van der Waals surface area (Å²) in [6.45, 7) is 1.95. The van der Waals surface area contributed by atoms with E-state index in [-0.39, 0.29) is 6.10 Å². The summed E-state index contributed by atoms with van der Waals surface area (Å²) in [7, 11) is 0. The maximum Gasteiger partial charge on any atom is 0.433 e. The van der Waals surface area contributed by atoms with E-state index < -0.39 is 11.9 Å². The number of rotatable bonds is 3. The van der Waals surface area contributed by atoms with Gasteiger partial charge in [-0.1, -0.05) is 18.2 Å². The summed E-state index contributed by atoms with van der Waals surface area (Å²) in [6, 6.07) is 8.10. The summed E-state index contributed by atoms with van der Waals surface area (Å²) >= 11 is 0. The average Bonchev–Trinajstić information content (AvgIpc) is 3.22. The minimum Gasteiger partial charge on any atom is -0.490 e. The van der Waals surface area contributed by atoms with Crippen LogP contribution >= 0.6 is 0 Å². The number of nitrogens with zero attached hydrogens (tertiary/aromatic N) is 1. The van der Waals surface area contributed by atoms with Crippen LogP contribution in [0.1, 0.15) is 24.1 Å². The van der Waals surface area contributed by atoms with Crippen LogP contribution in [0.3, 0.4) is 0 Å². The Bertz CT molecular complexity index is 646. The molecule has 1 aliphatic rings. The second kappa shape index (κ2) is 5.06. The molecule has 0 spiro atoms. The molecular weight excluding hydrogens is 279 g/mol. The Morgan fingerprint density at radius 2 is 1.90 bits per heavy atom. The Hall–Kier alpha value is -2.04.